The SMILES string of the molecule is Cc1cccc(NC(=O)N(CCNC(=O)Nc2ccc(C(F)(F)F)cc2)c2cccc(C(F)(F)F)c2)c1. The number of benzene rings is 3. The highest BCUT2D eigenvalue weighted by atomic mass is 19.4. The summed E-state index contributed by atoms with van der Waals surface area (Å²) in [6.07, 6.45) is -9.15. The van der Waals surface area contributed by atoms with Crippen molar-refractivity contribution in [3.8, 4) is 0 Å². The fourth-order valence-electron chi connectivity index (χ4n) is 3.31. The molecule has 0 aliphatic carbocycles. The van der Waals surface area contributed by atoms with Gasteiger partial charge in [0.05, 0.1) is 11.1 Å². The molecular formula is C25H22F6N4O2. The number of carbonyl (C=O) groups is 2. The number of alkyl halides is 6. The number of anilines is 3. The number of aryl methyl sites for hydroxylation is 1. The maximum atomic E-state index is 13.2. The summed E-state index contributed by atoms with van der Waals surface area (Å²) < 4.78 is 77.7. The van der Waals surface area contributed by atoms with Crippen molar-refractivity contribution >= 4 is 29.1 Å². The fraction of sp³-hybridized carbons (Fsp3) is 0.200. The van der Waals surface area contributed by atoms with Crippen molar-refractivity contribution < 1.29 is 35.9 Å². The molecule has 3 rings (SSSR count). The Morgan fingerprint density at radius 1 is 0.757 bits per heavy atom. The van der Waals surface area contributed by atoms with Crippen LogP contribution in [0.2, 0.25) is 0 Å². The van der Waals surface area contributed by atoms with E-state index in [1.165, 1.54) is 6.07 Å². The first-order chi connectivity index (χ1) is 17.3. The van der Waals surface area contributed by atoms with Crippen LogP contribution < -0.4 is 20.9 Å². The van der Waals surface area contributed by atoms with Crippen LogP contribution >= 0.6 is 0 Å². The van der Waals surface area contributed by atoms with Gasteiger partial charge < -0.3 is 16.0 Å². The number of nitrogens with one attached hydrogen (secondary N) is 3. The third kappa shape index (κ3) is 7.89. The van der Waals surface area contributed by atoms with Crippen molar-refractivity contribution in [2.24, 2.45) is 0 Å². The molecule has 0 radical (unpaired) electrons. The van der Waals surface area contributed by atoms with Crippen LogP contribution in [0, 0.1) is 6.92 Å². The van der Waals surface area contributed by atoms with Crippen LogP contribution in [0.4, 0.5) is 53.0 Å². The highest BCUT2D eigenvalue weighted by Gasteiger charge is 2.31. The van der Waals surface area contributed by atoms with Gasteiger partial charge in [0, 0.05) is 30.2 Å². The molecule has 3 N–H and O–H groups in total. The Bertz CT molecular complexity index is 1240. The van der Waals surface area contributed by atoms with E-state index in [1.54, 1.807) is 31.2 Å². The number of urea groups is 2. The lowest BCUT2D eigenvalue weighted by Crippen LogP contribution is -2.42. The molecule has 4 amide bonds. The maximum absolute atomic E-state index is 13.2. The van der Waals surface area contributed by atoms with E-state index in [-0.39, 0.29) is 24.5 Å². The minimum absolute atomic E-state index is 0.0510. The van der Waals surface area contributed by atoms with Gasteiger partial charge in [-0.05, 0) is 67.1 Å². The van der Waals surface area contributed by atoms with Gasteiger partial charge in [-0.2, -0.15) is 26.3 Å². The normalized spacial score (nSPS) is 11.5. The van der Waals surface area contributed by atoms with Gasteiger partial charge in [-0.15, -0.1) is 0 Å². The van der Waals surface area contributed by atoms with E-state index in [1.807, 2.05) is 0 Å². The summed E-state index contributed by atoms with van der Waals surface area (Å²) >= 11 is 0. The van der Waals surface area contributed by atoms with Crippen molar-refractivity contribution in [3.63, 3.8) is 0 Å². The molecule has 0 saturated carbocycles. The van der Waals surface area contributed by atoms with E-state index in [4.69, 9.17) is 0 Å². The summed E-state index contributed by atoms with van der Waals surface area (Å²) in [5.74, 6) is 0. The Labute approximate surface area is 208 Å². The third-order valence-electron chi connectivity index (χ3n) is 5.09. The van der Waals surface area contributed by atoms with Crippen molar-refractivity contribution in [1.82, 2.24) is 5.32 Å². The molecule has 0 aliphatic heterocycles. The van der Waals surface area contributed by atoms with Crippen LogP contribution in [0.1, 0.15) is 16.7 Å². The number of carbonyl (C=O) groups excluding carboxylic acids is 2. The standard InChI is InChI=1S/C25H22F6N4O2/c1-16-4-2-6-20(14-16)34-23(37)35(21-7-3-5-18(15-21)25(29,30)31)13-12-32-22(36)33-19-10-8-17(9-11-19)24(26,27)28/h2-11,14-15H,12-13H2,1H3,(H,34,37)(H2,32,33,36). The van der Waals surface area contributed by atoms with E-state index in [0.29, 0.717) is 5.69 Å². The molecule has 0 saturated heterocycles. The monoisotopic (exact) mass is 524 g/mol. The molecule has 3 aromatic rings. The maximum Gasteiger partial charge on any atom is 0.416 e. The minimum atomic E-state index is -4.63. The highest BCUT2D eigenvalue weighted by molar-refractivity contribution is 6.02. The number of halogens is 6. The van der Waals surface area contributed by atoms with Crippen LogP contribution in [0.15, 0.2) is 72.8 Å². The molecule has 0 fully saturated rings. The molecule has 0 unspecified atom stereocenters. The number of hydrogen-bond acceptors (Lipinski definition) is 2. The average molecular weight is 524 g/mol. The van der Waals surface area contributed by atoms with Gasteiger partial charge in [-0.1, -0.05) is 18.2 Å². The first-order valence-electron chi connectivity index (χ1n) is 10.9. The second kappa shape index (κ2) is 11.2. The molecule has 37 heavy (non-hydrogen) atoms. The molecule has 196 valence electrons. The molecule has 0 aliphatic rings. The van der Waals surface area contributed by atoms with E-state index in [9.17, 15) is 35.9 Å². The smallest absolute Gasteiger partial charge is 0.336 e. The summed E-state index contributed by atoms with van der Waals surface area (Å²) in [6, 6.07) is 13.2. The van der Waals surface area contributed by atoms with Crippen molar-refractivity contribution in [2.45, 2.75) is 19.3 Å². The highest BCUT2D eigenvalue weighted by Crippen LogP contribution is 2.32. The summed E-state index contributed by atoms with van der Waals surface area (Å²) in [7, 11) is 0. The molecule has 0 heterocycles. The van der Waals surface area contributed by atoms with Crippen LogP contribution in [-0.4, -0.2) is 25.2 Å². The van der Waals surface area contributed by atoms with Crippen molar-refractivity contribution in [3.05, 3.63) is 89.5 Å². The number of nitrogens with zero attached hydrogens (tertiary/aromatic N) is 1. The summed E-state index contributed by atoms with van der Waals surface area (Å²) in [5.41, 5.74) is -0.511. The predicted molar refractivity (Wildman–Crippen MR) is 127 cm³/mol. The molecule has 12 heteroatoms. The molecule has 6 nitrogen and oxygen atoms in total. The van der Waals surface area contributed by atoms with Gasteiger partial charge in [-0.3, -0.25) is 4.90 Å². The van der Waals surface area contributed by atoms with Crippen LogP contribution in [0.3, 0.4) is 0 Å². The largest absolute Gasteiger partial charge is 0.416 e. The first kappa shape index (κ1) is 27.4. The van der Waals surface area contributed by atoms with Gasteiger partial charge in [0.1, 0.15) is 0 Å². The third-order valence-corrected chi connectivity index (χ3v) is 5.09. The van der Waals surface area contributed by atoms with Gasteiger partial charge in [0.25, 0.3) is 0 Å². The number of amides is 4. The Morgan fingerprint density at radius 2 is 1.41 bits per heavy atom. The lowest BCUT2D eigenvalue weighted by molar-refractivity contribution is -0.138. The summed E-state index contributed by atoms with van der Waals surface area (Å²) in [5, 5.41) is 7.41. The van der Waals surface area contributed by atoms with Crippen molar-refractivity contribution in [2.75, 3.05) is 28.6 Å². The topological polar surface area (TPSA) is 73.5 Å². The molecule has 0 spiro atoms. The Kier molecular flexibility index (Phi) is 8.31. The van der Waals surface area contributed by atoms with Crippen LogP contribution in [0.25, 0.3) is 0 Å². The van der Waals surface area contributed by atoms with E-state index in [0.717, 1.165) is 52.9 Å². The lowest BCUT2D eigenvalue weighted by atomic mass is 10.2. The van der Waals surface area contributed by atoms with Gasteiger partial charge in [0.2, 0.25) is 0 Å². The minimum Gasteiger partial charge on any atom is -0.336 e. The van der Waals surface area contributed by atoms with Gasteiger partial charge in [-0.25, -0.2) is 9.59 Å². The first-order valence-corrected chi connectivity index (χ1v) is 10.9. The zero-order valence-corrected chi connectivity index (χ0v) is 19.4. The summed E-state index contributed by atoms with van der Waals surface area (Å²) in [4.78, 5) is 26.2. The fourth-order valence-corrected chi connectivity index (χ4v) is 3.31. The lowest BCUT2D eigenvalue weighted by Gasteiger charge is -2.24. The number of hydrogen-bond donors (Lipinski definition) is 3. The molecule has 0 bridgehead atoms. The second-order valence-electron chi connectivity index (χ2n) is 7.96. The number of rotatable bonds is 6. The van der Waals surface area contributed by atoms with Crippen LogP contribution in [-0.2, 0) is 12.4 Å². The summed E-state index contributed by atoms with van der Waals surface area (Å²) in [6.45, 7) is 1.42. The van der Waals surface area contributed by atoms with Gasteiger partial charge >= 0.3 is 24.4 Å². The van der Waals surface area contributed by atoms with Gasteiger partial charge in [0.15, 0.2) is 0 Å². The average Bonchev–Trinajstić information content (AvgIpc) is 2.81. The Hall–Kier alpha value is -4.22. The molecule has 0 atom stereocenters. The molecular weight excluding hydrogens is 502 g/mol. The quantitative estimate of drug-likeness (QED) is 0.307. The zero-order chi connectivity index (χ0) is 27.2. The van der Waals surface area contributed by atoms with Crippen molar-refractivity contribution in [1.29, 1.82) is 0 Å². The zero-order valence-electron chi connectivity index (χ0n) is 19.4. The second-order valence-corrected chi connectivity index (χ2v) is 7.96. The molecule has 0 aromatic heterocycles. The molecule has 3 aromatic carbocycles. The van der Waals surface area contributed by atoms with E-state index >= 15 is 0 Å². The Morgan fingerprint density at radius 3 is 2.03 bits per heavy atom. The van der Waals surface area contributed by atoms with Crippen LogP contribution in [0.5, 0.6) is 0 Å². The predicted octanol–water partition coefficient (Wildman–Crippen LogP) is 6.89. The Balaban J connectivity index is 1.70. The van der Waals surface area contributed by atoms with E-state index in [2.05, 4.69) is 16.0 Å². The van der Waals surface area contributed by atoms with E-state index < -0.39 is 35.5 Å².